The van der Waals surface area contributed by atoms with Gasteiger partial charge in [0.25, 0.3) is 0 Å². The van der Waals surface area contributed by atoms with E-state index in [9.17, 15) is 9.59 Å². The second-order valence-corrected chi connectivity index (χ2v) is 4.98. The van der Waals surface area contributed by atoms with E-state index in [1.807, 2.05) is 30.0 Å². The van der Waals surface area contributed by atoms with Crippen molar-refractivity contribution in [2.45, 2.75) is 26.2 Å². The standard InChI is InChI=1S/C15H20N2O3/c1-11-9-12(16-14(18)10-20-2)6-7-13(11)17-8-4-3-5-15(17)19/h6-7,9H,3-5,8,10H2,1-2H3,(H,16,18). The fraction of sp³-hybridized carbons (Fsp3) is 0.467. The van der Waals surface area contributed by atoms with E-state index in [1.54, 1.807) is 0 Å². The van der Waals surface area contributed by atoms with Crippen LogP contribution in [0, 0.1) is 6.92 Å². The summed E-state index contributed by atoms with van der Waals surface area (Å²) in [7, 11) is 1.48. The number of methoxy groups -OCH3 is 1. The Morgan fingerprint density at radius 1 is 1.40 bits per heavy atom. The number of hydrogen-bond acceptors (Lipinski definition) is 3. The fourth-order valence-corrected chi connectivity index (χ4v) is 2.42. The molecule has 0 saturated carbocycles. The smallest absolute Gasteiger partial charge is 0.250 e. The van der Waals surface area contributed by atoms with Crippen molar-refractivity contribution in [2.75, 3.05) is 30.5 Å². The molecule has 0 bridgehead atoms. The maximum Gasteiger partial charge on any atom is 0.250 e. The largest absolute Gasteiger partial charge is 0.375 e. The minimum Gasteiger partial charge on any atom is -0.375 e. The number of nitrogens with zero attached hydrogens (tertiary/aromatic N) is 1. The molecule has 5 nitrogen and oxygen atoms in total. The molecule has 0 aromatic heterocycles. The van der Waals surface area contributed by atoms with Gasteiger partial charge in [-0.25, -0.2) is 0 Å². The van der Waals surface area contributed by atoms with Crippen LogP contribution in [0.1, 0.15) is 24.8 Å². The summed E-state index contributed by atoms with van der Waals surface area (Å²) in [5.74, 6) is -0.00998. The molecule has 0 radical (unpaired) electrons. The summed E-state index contributed by atoms with van der Waals surface area (Å²) in [6.07, 6.45) is 2.63. The Hall–Kier alpha value is -1.88. The lowest BCUT2D eigenvalue weighted by molar-refractivity contribution is -0.120. The van der Waals surface area contributed by atoms with Crippen molar-refractivity contribution in [3.63, 3.8) is 0 Å². The van der Waals surface area contributed by atoms with E-state index in [-0.39, 0.29) is 18.4 Å². The third-order valence-electron chi connectivity index (χ3n) is 3.37. The lowest BCUT2D eigenvalue weighted by Crippen LogP contribution is -2.35. The van der Waals surface area contributed by atoms with E-state index in [4.69, 9.17) is 4.74 Å². The number of anilines is 2. The number of carbonyl (C=O) groups excluding carboxylic acids is 2. The summed E-state index contributed by atoms with van der Waals surface area (Å²) in [5.41, 5.74) is 2.63. The monoisotopic (exact) mass is 276 g/mol. The van der Waals surface area contributed by atoms with Crippen LogP contribution in [-0.2, 0) is 14.3 Å². The number of hydrogen-bond donors (Lipinski definition) is 1. The first-order chi connectivity index (χ1) is 9.61. The number of nitrogens with one attached hydrogen (secondary N) is 1. The van der Waals surface area contributed by atoms with Crippen LogP contribution in [-0.4, -0.2) is 32.1 Å². The molecule has 1 aliphatic rings. The van der Waals surface area contributed by atoms with Gasteiger partial charge in [0, 0.05) is 31.5 Å². The highest BCUT2D eigenvalue weighted by molar-refractivity contribution is 5.96. The second kappa shape index (κ2) is 6.52. The molecule has 1 fully saturated rings. The number of piperidine rings is 1. The molecule has 108 valence electrons. The number of ether oxygens (including phenoxy) is 1. The van der Waals surface area contributed by atoms with Gasteiger partial charge in [-0.1, -0.05) is 0 Å². The van der Waals surface area contributed by atoms with Crippen LogP contribution in [0.25, 0.3) is 0 Å². The minimum atomic E-state index is -0.186. The Morgan fingerprint density at radius 2 is 2.20 bits per heavy atom. The third kappa shape index (κ3) is 3.36. The molecule has 2 amide bonds. The number of rotatable bonds is 4. The van der Waals surface area contributed by atoms with Crippen LogP contribution in [0.2, 0.25) is 0 Å². The van der Waals surface area contributed by atoms with Crippen molar-refractivity contribution in [3.05, 3.63) is 23.8 Å². The van der Waals surface area contributed by atoms with Gasteiger partial charge in [-0.2, -0.15) is 0 Å². The SMILES string of the molecule is COCC(=O)Nc1ccc(N2CCCCC2=O)c(C)c1. The molecule has 0 unspecified atom stereocenters. The van der Waals surface area contributed by atoms with Gasteiger partial charge in [0.15, 0.2) is 0 Å². The van der Waals surface area contributed by atoms with Gasteiger partial charge in [-0.05, 0) is 43.5 Å². The Balaban J connectivity index is 2.13. The van der Waals surface area contributed by atoms with Gasteiger partial charge in [0.2, 0.25) is 11.8 Å². The van der Waals surface area contributed by atoms with Gasteiger partial charge in [0.05, 0.1) is 0 Å². The average Bonchev–Trinajstić information content (AvgIpc) is 2.40. The van der Waals surface area contributed by atoms with Gasteiger partial charge in [-0.3, -0.25) is 9.59 Å². The maximum absolute atomic E-state index is 11.9. The molecule has 1 aromatic rings. The quantitative estimate of drug-likeness (QED) is 0.916. The Kier molecular flexibility index (Phi) is 4.74. The van der Waals surface area contributed by atoms with E-state index in [1.165, 1.54) is 7.11 Å². The third-order valence-corrected chi connectivity index (χ3v) is 3.37. The van der Waals surface area contributed by atoms with Crippen molar-refractivity contribution >= 4 is 23.2 Å². The van der Waals surface area contributed by atoms with Crippen molar-refractivity contribution in [2.24, 2.45) is 0 Å². The van der Waals surface area contributed by atoms with Crippen LogP contribution >= 0.6 is 0 Å². The molecule has 0 aliphatic carbocycles. The first-order valence-corrected chi connectivity index (χ1v) is 6.81. The zero-order chi connectivity index (χ0) is 14.5. The normalized spacial score (nSPS) is 15.3. The second-order valence-electron chi connectivity index (χ2n) is 4.98. The summed E-state index contributed by atoms with van der Waals surface area (Å²) in [5, 5.41) is 2.76. The van der Waals surface area contributed by atoms with Gasteiger partial charge < -0.3 is 15.0 Å². The molecule has 1 saturated heterocycles. The highest BCUT2D eigenvalue weighted by atomic mass is 16.5. The molecule has 0 spiro atoms. The Labute approximate surface area is 118 Å². The predicted molar refractivity (Wildman–Crippen MR) is 77.9 cm³/mol. The topological polar surface area (TPSA) is 58.6 Å². The predicted octanol–water partition coefficient (Wildman–Crippen LogP) is 2.10. The minimum absolute atomic E-state index is 0.0331. The van der Waals surface area contributed by atoms with E-state index < -0.39 is 0 Å². The van der Waals surface area contributed by atoms with Crippen LogP contribution in [0.5, 0.6) is 0 Å². The average molecular weight is 276 g/mol. The Morgan fingerprint density at radius 3 is 2.85 bits per heavy atom. The first-order valence-electron chi connectivity index (χ1n) is 6.81. The van der Waals surface area contributed by atoms with Crippen molar-refractivity contribution in [1.29, 1.82) is 0 Å². The lowest BCUT2D eigenvalue weighted by Gasteiger charge is -2.28. The highest BCUT2D eigenvalue weighted by Crippen LogP contribution is 2.27. The molecule has 5 heteroatoms. The summed E-state index contributed by atoms with van der Waals surface area (Å²) in [6.45, 7) is 2.75. The zero-order valence-corrected chi connectivity index (χ0v) is 11.9. The van der Waals surface area contributed by atoms with E-state index in [0.29, 0.717) is 6.42 Å². The van der Waals surface area contributed by atoms with Crippen molar-refractivity contribution < 1.29 is 14.3 Å². The number of amides is 2. The van der Waals surface area contributed by atoms with Crippen LogP contribution in [0.15, 0.2) is 18.2 Å². The van der Waals surface area contributed by atoms with Crippen LogP contribution < -0.4 is 10.2 Å². The molecular formula is C15H20N2O3. The molecule has 1 heterocycles. The Bertz CT molecular complexity index is 514. The molecule has 20 heavy (non-hydrogen) atoms. The van der Waals surface area contributed by atoms with Crippen LogP contribution in [0.3, 0.4) is 0 Å². The highest BCUT2D eigenvalue weighted by Gasteiger charge is 2.21. The van der Waals surface area contributed by atoms with Crippen LogP contribution in [0.4, 0.5) is 11.4 Å². The molecule has 1 aliphatic heterocycles. The van der Waals surface area contributed by atoms with Crippen molar-refractivity contribution in [3.8, 4) is 0 Å². The molecule has 2 rings (SSSR count). The zero-order valence-electron chi connectivity index (χ0n) is 11.9. The number of benzene rings is 1. The maximum atomic E-state index is 11.9. The number of carbonyl (C=O) groups is 2. The van der Waals surface area contributed by atoms with Gasteiger partial charge >= 0.3 is 0 Å². The van der Waals surface area contributed by atoms with Gasteiger partial charge in [0.1, 0.15) is 6.61 Å². The molecule has 1 aromatic carbocycles. The summed E-state index contributed by atoms with van der Waals surface area (Å²) < 4.78 is 4.77. The number of aryl methyl sites for hydroxylation is 1. The lowest BCUT2D eigenvalue weighted by atomic mass is 10.1. The fourth-order valence-electron chi connectivity index (χ4n) is 2.42. The molecular weight excluding hydrogens is 256 g/mol. The van der Waals surface area contributed by atoms with Crippen molar-refractivity contribution in [1.82, 2.24) is 0 Å². The van der Waals surface area contributed by atoms with E-state index in [0.717, 1.165) is 36.3 Å². The van der Waals surface area contributed by atoms with E-state index >= 15 is 0 Å². The van der Waals surface area contributed by atoms with Gasteiger partial charge in [-0.15, -0.1) is 0 Å². The molecule has 1 N–H and O–H groups in total. The summed E-state index contributed by atoms with van der Waals surface area (Å²) in [4.78, 5) is 25.2. The molecule has 0 atom stereocenters. The van der Waals surface area contributed by atoms with E-state index in [2.05, 4.69) is 5.32 Å². The summed E-state index contributed by atoms with van der Waals surface area (Å²) >= 11 is 0. The first kappa shape index (κ1) is 14.5. The summed E-state index contributed by atoms with van der Waals surface area (Å²) in [6, 6.07) is 5.59.